The highest BCUT2D eigenvalue weighted by molar-refractivity contribution is 5.88. The van der Waals surface area contributed by atoms with Crippen LogP contribution in [0.4, 0.5) is 0 Å². The van der Waals surface area contributed by atoms with Gasteiger partial charge in [0.25, 0.3) is 0 Å². The van der Waals surface area contributed by atoms with Gasteiger partial charge in [0, 0.05) is 11.8 Å². The Hall–Kier alpha value is -2.75. The second-order valence-corrected chi connectivity index (χ2v) is 6.99. The molecule has 1 atom stereocenters. The van der Waals surface area contributed by atoms with Gasteiger partial charge in [0.1, 0.15) is 18.7 Å². The molecule has 1 heterocycles. The highest BCUT2D eigenvalue weighted by Crippen LogP contribution is 2.30. The van der Waals surface area contributed by atoms with Crippen LogP contribution in [0.1, 0.15) is 31.0 Å². The fraction of sp³-hybridized carbons (Fsp3) is 0.286. The average Bonchev–Trinajstić information content (AvgIpc) is 3.15. The van der Waals surface area contributed by atoms with E-state index in [4.69, 9.17) is 0 Å². The molecule has 0 radical (unpaired) electrons. The molecule has 0 saturated carbocycles. The van der Waals surface area contributed by atoms with E-state index in [-0.39, 0.29) is 11.8 Å². The Bertz CT molecular complexity index is 796. The van der Waals surface area contributed by atoms with Crippen molar-refractivity contribution in [2.24, 2.45) is 5.41 Å². The number of Topliss-reactive ketones (excluding diaryl/α,β-unsaturated/α-hetero) is 1. The van der Waals surface area contributed by atoms with Crippen LogP contribution >= 0.6 is 0 Å². The van der Waals surface area contributed by atoms with Crippen LogP contribution in [0.15, 0.2) is 73.3 Å². The first kappa shape index (κ1) is 17.1. The third kappa shape index (κ3) is 4.21. The maximum Gasteiger partial charge on any atom is 0.163 e. The molecule has 0 fully saturated rings. The second kappa shape index (κ2) is 7.43. The minimum absolute atomic E-state index is 0.172. The summed E-state index contributed by atoms with van der Waals surface area (Å²) in [6.45, 7) is 4.02. The molecule has 0 aliphatic carbocycles. The van der Waals surface area contributed by atoms with Gasteiger partial charge in [-0.2, -0.15) is 5.10 Å². The molecule has 0 bridgehead atoms. The number of rotatable bonds is 7. The molecule has 1 unspecified atom stereocenters. The number of ketones is 1. The summed E-state index contributed by atoms with van der Waals surface area (Å²) >= 11 is 0. The predicted octanol–water partition coefficient (Wildman–Crippen LogP) is 3.90. The van der Waals surface area contributed by atoms with Gasteiger partial charge in [-0.1, -0.05) is 74.5 Å². The molecule has 0 amide bonds. The quantitative estimate of drug-likeness (QED) is 0.659. The van der Waals surface area contributed by atoms with E-state index in [0.29, 0.717) is 12.8 Å². The number of aromatic nitrogens is 3. The molecule has 0 spiro atoms. The van der Waals surface area contributed by atoms with Crippen molar-refractivity contribution >= 4 is 5.78 Å². The lowest BCUT2D eigenvalue weighted by Crippen LogP contribution is -2.35. The molecule has 0 N–H and O–H groups in total. The summed E-state index contributed by atoms with van der Waals surface area (Å²) < 4.78 is 1.68. The third-order valence-electron chi connectivity index (χ3n) is 4.49. The van der Waals surface area contributed by atoms with Gasteiger partial charge in [-0.15, -0.1) is 0 Å². The van der Waals surface area contributed by atoms with E-state index >= 15 is 0 Å². The lowest BCUT2D eigenvalue weighted by atomic mass is 9.77. The fourth-order valence-electron chi connectivity index (χ4n) is 3.17. The van der Waals surface area contributed by atoms with E-state index in [1.54, 1.807) is 11.0 Å². The summed E-state index contributed by atoms with van der Waals surface area (Å²) in [7, 11) is 0. The highest BCUT2D eigenvalue weighted by Gasteiger charge is 2.35. The Morgan fingerprint density at radius 3 is 2.16 bits per heavy atom. The molecule has 4 nitrogen and oxygen atoms in total. The standard InChI is InChI=1S/C21H23N3O/c1-21(2,14-18-11-7-4-8-12-18)20(25)19(24-16-22-15-23-24)13-17-9-5-3-6-10-17/h3-12,15-16,19H,13-14H2,1-2H3. The summed E-state index contributed by atoms with van der Waals surface area (Å²) in [6, 6.07) is 19.8. The number of carbonyl (C=O) groups is 1. The lowest BCUT2D eigenvalue weighted by molar-refractivity contribution is -0.130. The second-order valence-electron chi connectivity index (χ2n) is 6.99. The highest BCUT2D eigenvalue weighted by atomic mass is 16.1. The molecule has 128 valence electrons. The zero-order chi connectivity index (χ0) is 17.7. The smallest absolute Gasteiger partial charge is 0.163 e. The van der Waals surface area contributed by atoms with Crippen LogP contribution in [0.25, 0.3) is 0 Å². The van der Waals surface area contributed by atoms with Gasteiger partial charge in [-0.25, -0.2) is 9.67 Å². The number of benzene rings is 2. The zero-order valence-electron chi connectivity index (χ0n) is 14.7. The van der Waals surface area contributed by atoms with Crippen LogP contribution in [-0.4, -0.2) is 20.5 Å². The summed E-state index contributed by atoms with van der Waals surface area (Å²) in [5, 5.41) is 4.24. The normalized spacial score (nSPS) is 12.7. The Labute approximate surface area is 148 Å². The Morgan fingerprint density at radius 1 is 1.00 bits per heavy atom. The van der Waals surface area contributed by atoms with Crippen LogP contribution in [0.5, 0.6) is 0 Å². The molecular formula is C21H23N3O. The van der Waals surface area contributed by atoms with Gasteiger partial charge >= 0.3 is 0 Å². The topological polar surface area (TPSA) is 47.8 Å². The van der Waals surface area contributed by atoms with Gasteiger partial charge in [0.05, 0.1) is 0 Å². The maximum absolute atomic E-state index is 13.4. The largest absolute Gasteiger partial charge is 0.297 e. The minimum Gasteiger partial charge on any atom is -0.297 e. The van der Waals surface area contributed by atoms with Crippen molar-refractivity contribution < 1.29 is 4.79 Å². The van der Waals surface area contributed by atoms with Crippen molar-refractivity contribution in [3.8, 4) is 0 Å². The Balaban J connectivity index is 1.85. The van der Waals surface area contributed by atoms with E-state index in [0.717, 1.165) is 11.1 Å². The molecule has 1 aromatic heterocycles. The maximum atomic E-state index is 13.4. The van der Waals surface area contributed by atoms with Crippen molar-refractivity contribution in [1.82, 2.24) is 14.8 Å². The summed E-state index contributed by atoms with van der Waals surface area (Å²) in [5.41, 5.74) is 1.79. The van der Waals surface area contributed by atoms with Crippen LogP contribution in [0.3, 0.4) is 0 Å². The molecule has 4 heteroatoms. The predicted molar refractivity (Wildman–Crippen MR) is 98.1 cm³/mol. The Morgan fingerprint density at radius 2 is 1.60 bits per heavy atom. The van der Waals surface area contributed by atoms with Crippen molar-refractivity contribution in [2.45, 2.75) is 32.7 Å². The van der Waals surface area contributed by atoms with E-state index in [9.17, 15) is 4.79 Å². The fourth-order valence-corrected chi connectivity index (χ4v) is 3.17. The van der Waals surface area contributed by atoms with Crippen molar-refractivity contribution in [2.75, 3.05) is 0 Å². The summed E-state index contributed by atoms with van der Waals surface area (Å²) in [5.74, 6) is 0.172. The van der Waals surface area contributed by atoms with Gasteiger partial charge in [0.2, 0.25) is 0 Å². The van der Waals surface area contributed by atoms with Gasteiger partial charge in [-0.05, 0) is 17.5 Å². The van der Waals surface area contributed by atoms with Crippen molar-refractivity contribution in [1.29, 1.82) is 0 Å². The number of nitrogens with zero attached hydrogens (tertiary/aromatic N) is 3. The first-order chi connectivity index (χ1) is 12.1. The lowest BCUT2D eigenvalue weighted by Gasteiger charge is -2.28. The first-order valence-corrected chi connectivity index (χ1v) is 8.52. The van der Waals surface area contributed by atoms with Gasteiger partial charge in [0.15, 0.2) is 5.78 Å². The molecule has 0 saturated heterocycles. The molecule has 0 aliphatic heterocycles. The van der Waals surface area contributed by atoms with E-state index in [1.165, 1.54) is 6.33 Å². The van der Waals surface area contributed by atoms with Crippen LogP contribution in [0, 0.1) is 5.41 Å². The minimum atomic E-state index is -0.493. The average molecular weight is 333 g/mol. The SMILES string of the molecule is CC(C)(Cc1ccccc1)C(=O)C(Cc1ccccc1)n1cncn1. The number of hydrogen-bond donors (Lipinski definition) is 0. The van der Waals surface area contributed by atoms with Crippen molar-refractivity contribution in [3.05, 3.63) is 84.4 Å². The van der Waals surface area contributed by atoms with E-state index < -0.39 is 5.41 Å². The molecule has 0 aliphatic rings. The monoisotopic (exact) mass is 333 g/mol. The summed E-state index contributed by atoms with van der Waals surface area (Å²) in [4.78, 5) is 17.4. The van der Waals surface area contributed by atoms with Crippen LogP contribution < -0.4 is 0 Å². The van der Waals surface area contributed by atoms with Gasteiger partial charge < -0.3 is 0 Å². The zero-order valence-corrected chi connectivity index (χ0v) is 14.7. The molecule has 3 aromatic rings. The number of carbonyl (C=O) groups excluding carboxylic acids is 1. The van der Waals surface area contributed by atoms with E-state index in [1.807, 2.05) is 62.4 Å². The van der Waals surface area contributed by atoms with Gasteiger partial charge in [-0.3, -0.25) is 4.79 Å². The van der Waals surface area contributed by atoms with E-state index in [2.05, 4.69) is 22.2 Å². The van der Waals surface area contributed by atoms with Crippen LogP contribution in [-0.2, 0) is 17.6 Å². The molecule has 2 aromatic carbocycles. The molecule has 3 rings (SSSR count). The first-order valence-electron chi connectivity index (χ1n) is 8.52. The number of hydrogen-bond acceptors (Lipinski definition) is 3. The Kier molecular flexibility index (Phi) is 5.08. The molecular weight excluding hydrogens is 310 g/mol. The van der Waals surface area contributed by atoms with Crippen molar-refractivity contribution in [3.63, 3.8) is 0 Å². The summed E-state index contributed by atoms with van der Waals surface area (Å²) in [6.07, 6.45) is 4.42. The third-order valence-corrected chi connectivity index (χ3v) is 4.49. The molecule has 25 heavy (non-hydrogen) atoms. The van der Waals surface area contributed by atoms with Crippen LogP contribution in [0.2, 0.25) is 0 Å².